The highest BCUT2D eigenvalue weighted by molar-refractivity contribution is 9.11. The van der Waals surface area contributed by atoms with Crippen LogP contribution < -0.4 is 5.32 Å². The van der Waals surface area contributed by atoms with E-state index in [2.05, 4.69) is 39.1 Å². The third-order valence-electron chi connectivity index (χ3n) is 4.81. The van der Waals surface area contributed by atoms with Crippen molar-refractivity contribution in [2.24, 2.45) is 5.92 Å². The maximum Gasteiger partial charge on any atom is 0.0731 e. The van der Waals surface area contributed by atoms with Crippen LogP contribution in [0.4, 0.5) is 0 Å². The van der Waals surface area contributed by atoms with Crippen molar-refractivity contribution in [3.63, 3.8) is 0 Å². The molecule has 1 saturated heterocycles. The quantitative estimate of drug-likeness (QED) is 0.865. The number of aryl methyl sites for hydroxylation is 1. The van der Waals surface area contributed by atoms with Crippen LogP contribution in [0.3, 0.4) is 0 Å². The predicted molar refractivity (Wildman–Crippen MR) is 90.5 cm³/mol. The smallest absolute Gasteiger partial charge is 0.0731 e. The third-order valence-corrected chi connectivity index (χ3v) is 7.02. The zero-order valence-corrected chi connectivity index (χ0v) is 14.7. The SMILES string of the molecule is Cc1cc([C@H](C2CCCCC2)N2CCNCC2)sc1Br. The van der Waals surface area contributed by atoms with E-state index in [-0.39, 0.29) is 0 Å². The van der Waals surface area contributed by atoms with E-state index in [9.17, 15) is 0 Å². The van der Waals surface area contributed by atoms with Crippen LogP contribution in [0.2, 0.25) is 0 Å². The Kier molecular flexibility index (Phi) is 5.18. The molecule has 1 saturated carbocycles. The molecule has 0 radical (unpaired) electrons. The van der Waals surface area contributed by atoms with Crippen LogP contribution in [0, 0.1) is 12.8 Å². The van der Waals surface area contributed by atoms with Crippen LogP contribution in [0.15, 0.2) is 9.85 Å². The molecule has 112 valence electrons. The fraction of sp³-hybridized carbons (Fsp3) is 0.750. The fourth-order valence-electron chi connectivity index (χ4n) is 3.75. The molecule has 1 aromatic rings. The van der Waals surface area contributed by atoms with E-state index in [4.69, 9.17) is 0 Å². The second kappa shape index (κ2) is 6.91. The maximum atomic E-state index is 3.72. The first-order valence-corrected chi connectivity index (χ1v) is 9.57. The molecule has 2 aliphatic rings. The van der Waals surface area contributed by atoms with E-state index < -0.39 is 0 Å². The van der Waals surface area contributed by atoms with Gasteiger partial charge in [-0.1, -0.05) is 19.3 Å². The van der Waals surface area contributed by atoms with Gasteiger partial charge in [-0.05, 0) is 53.2 Å². The van der Waals surface area contributed by atoms with Crippen LogP contribution >= 0.6 is 27.3 Å². The van der Waals surface area contributed by atoms with Gasteiger partial charge in [0.1, 0.15) is 0 Å². The van der Waals surface area contributed by atoms with Crippen LogP contribution in [-0.4, -0.2) is 31.1 Å². The van der Waals surface area contributed by atoms with Crippen LogP contribution in [0.5, 0.6) is 0 Å². The summed E-state index contributed by atoms with van der Waals surface area (Å²) in [6, 6.07) is 3.09. The Morgan fingerprint density at radius 1 is 1.25 bits per heavy atom. The van der Waals surface area contributed by atoms with Crippen LogP contribution in [0.25, 0.3) is 0 Å². The summed E-state index contributed by atoms with van der Waals surface area (Å²) in [6.07, 6.45) is 7.14. The molecule has 1 N–H and O–H groups in total. The minimum Gasteiger partial charge on any atom is -0.314 e. The molecule has 0 spiro atoms. The number of nitrogens with one attached hydrogen (secondary N) is 1. The molecule has 2 heterocycles. The highest BCUT2D eigenvalue weighted by Gasteiger charge is 2.32. The average Bonchev–Trinajstić information content (AvgIpc) is 2.81. The van der Waals surface area contributed by atoms with Gasteiger partial charge in [-0.2, -0.15) is 0 Å². The lowest BCUT2D eigenvalue weighted by atomic mass is 9.82. The minimum absolute atomic E-state index is 0.660. The molecule has 1 aromatic heterocycles. The van der Waals surface area contributed by atoms with Crippen molar-refractivity contribution in [1.29, 1.82) is 0 Å². The van der Waals surface area contributed by atoms with Gasteiger partial charge in [0.05, 0.1) is 3.79 Å². The van der Waals surface area contributed by atoms with Gasteiger partial charge in [-0.15, -0.1) is 11.3 Å². The van der Waals surface area contributed by atoms with Gasteiger partial charge in [0.15, 0.2) is 0 Å². The van der Waals surface area contributed by atoms with E-state index >= 15 is 0 Å². The monoisotopic (exact) mass is 356 g/mol. The highest BCUT2D eigenvalue weighted by atomic mass is 79.9. The van der Waals surface area contributed by atoms with E-state index in [0.717, 1.165) is 19.0 Å². The van der Waals surface area contributed by atoms with E-state index in [1.807, 2.05) is 11.3 Å². The number of piperazine rings is 1. The second-order valence-corrected chi connectivity index (χ2v) is 8.64. The molecule has 0 bridgehead atoms. The van der Waals surface area contributed by atoms with Crippen molar-refractivity contribution in [3.8, 4) is 0 Å². The molecule has 1 atom stereocenters. The van der Waals surface area contributed by atoms with Gasteiger partial charge < -0.3 is 5.32 Å². The number of thiophene rings is 1. The summed E-state index contributed by atoms with van der Waals surface area (Å²) in [4.78, 5) is 4.33. The molecule has 1 aliphatic carbocycles. The summed E-state index contributed by atoms with van der Waals surface area (Å²) in [5, 5.41) is 3.49. The van der Waals surface area contributed by atoms with Crippen molar-refractivity contribution in [2.45, 2.75) is 45.1 Å². The summed E-state index contributed by atoms with van der Waals surface area (Å²) < 4.78 is 1.32. The summed E-state index contributed by atoms with van der Waals surface area (Å²) in [6.45, 7) is 6.93. The molecule has 2 nitrogen and oxygen atoms in total. The number of halogens is 1. The fourth-order valence-corrected chi connectivity index (χ4v) is 5.55. The van der Waals surface area contributed by atoms with Gasteiger partial charge in [-0.3, -0.25) is 4.90 Å². The largest absolute Gasteiger partial charge is 0.314 e. The topological polar surface area (TPSA) is 15.3 Å². The molecule has 20 heavy (non-hydrogen) atoms. The number of hydrogen-bond acceptors (Lipinski definition) is 3. The summed E-state index contributed by atoms with van der Waals surface area (Å²) in [5.74, 6) is 0.867. The minimum atomic E-state index is 0.660. The van der Waals surface area contributed by atoms with Crippen molar-refractivity contribution in [2.75, 3.05) is 26.2 Å². The van der Waals surface area contributed by atoms with Crippen molar-refractivity contribution < 1.29 is 0 Å². The summed E-state index contributed by atoms with van der Waals surface area (Å²) >= 11 is 5.68. The molecule has 0 aromatic carbocycles. The number of hydrogen-bond donors (Lipinski definition) is 1. The predicted octanol–water partition coefficient (Wildman–Crippen LogP) is 4.35. The molecule has 4 heteroatoms. The molecule has 3 rings (SSSR count). The van der Waals surface area contributed by atoms with Crippen molar-refractivity contribution >= 4 is 27.3 Å². The number of rotatable bonds is 3. The highest BCUT2D eigenvalue weighted by Crippen LogP contribution is 2.42. The molecule has 1 aliphatic heterocycles. The van der Waals surface area contributed by atoms with Gasteiger partial charge in [0, 0.05) is 37.1 Å². The zero-order valence-electron chi connectivity index (χ0n) is 12.3. The first-order chi connectivity index (χ1) is 9.75. The molecule has 2 fully saturated rings. The first-order valence-electron chi connectivity index (χ1n) is 7.96. The lowest BCUT2D eigenvalue weighted by Gasteiger charge is -2.40. The normalized spacial score (nSPS) is 23.9. The van der Waals surface area contributed by atoms with Gasteiger partial charge in [0.25, 0.3) is 0 Å². The Balaban J connectivity index is 1.85. The van der Waals surface area contributed by atoms with E-state index in [0.29, 0.717) is 6.04 Å². The third kappa shape index (κ3) is 3.29. The lowest BCUT2D eigenvalue weighted by molar-refractivity contribution is 0.106. The van der Waals surface area contributed by atoms with Gasteiger partial charge in [0.2, 0.25) is 0 Å². The second-order valence-electron chi connectivity index (χ2n) is 6.23. The Bertz CT molecular complexity index is 396. The zero-order chi connectivity index (χ0) is 13.9. The summed E-state index contributed by atoms with van der Waals surface area (Å²) in [5.41, 5.74) is 1.40. The van der Waals surface area contributed by atoms with Crippen molar-refractivity contribution in [3.05, 3.63) is 20.3 Å². The average molecular weight is 357 g/mol. The first kappa shape index (κ1) is 15.0. The molecular formula is C16H25BrN2S. The molecular weight excluding hydrogens is 332 g/mol. The maximum absolute atomic E-state index is 3.72. The Morgan fingerprint density at radius 3 is 2.55 bits per heavy atom. The Hall–Kier alpha value is 0.100. The van der Waals surface area contributed by atoms with Crippen molar-refractivity contribution in [1.82, 2.24) is 10.2 Å². The Morgan fingerprint density at radius 2 is 1.95 bits per heavy atom. The standard InChI is InChI=1S/C16H25BrN2S/c1-12-11-14(20-16(12)17)15(13-5-3-2-4-6-13)19-9-7-18-8-10-19/h11,13,15,18H,2-10H2,1H3/t15-/m0/s1. The van der Waals surface area contributed by atoms with E-state index in [1.54, 1.807) is 4.88 Å². The molecule has 0 unspecified atom stereocenters. The lowest BCUT2D eigenvalue weighted by Crippen LogP contribution is -2.47. The van der Waals surface area contributed by atoms with E-state index in [1.165, 1.54) is 54.5 Å². The Labute approximate surface area is 135 Å². The van der Waals surface area contributed by atoms with Gasteiger partial charge in [-0.25, -0.2) is 0 Å². The van der Waals surface area contributed by atoms with Crippen LogP contribution in [-0.2, 0) is 0 Å². The van der Waals surface area contributed by atoms with Crippen LogP contribution in [0.1, 0.15) is 48.6 Å². The summed E-state index contributed by atoms with van der Waals surface area (Å²) in [7, 11) is 0. The van der Waals surface area contributed by atoms with Gasteiger partial charge >= 0.3 is 0 Å². The number of nitrogens with zero attached hydrogens (tertiary/aromatic N) is 1. The molecule has 0 amide bonds.